The Labute approximate surface area is 171 Å². The SMILES string of the molecule is C=C(C)C(=O)OCC(CO)N(CCNC(CC(=O)O)C(=O)O)C(CC(=O)O)C(=O)O. The van der Waals surface area contributed by atoms with E-state index in [0.717, 1.165) is 4.90 Å². The van der Waals surface area contributed by atoms with Crippen LogP contribution in [0.5, 0.6) is 0 Å². The van der Waals surface area contributed by atoms with Gasteiger partial charge in [-0.1, -0.05) is 6.58 Å². The van der Waals surface area contributed by atoms with Crippen LogP contribution in [0.3, 0.4) is 0 Å². The van der Waals surface area contributed by atoms with Crippen molar-refractivity contribution in [1.82, 2.24) is 10.2 Å². The van der Waals surface area contributed by atoms with E-state index in [0.29, 0.717) is 0 Å². The van der Waals surface area contributed by atoms with Gasteiger partial charge in [0, 0.05) is 18.7 Å². The van der Waals surface area contributed by atoms with Crippen molar-refractivity contribution in [3.8, 4) is 0 Å². The van der Waals surface area contributed by atoms with Crippen LogP contribution in [0.25, 0.3) is 0 Å². The molecule has 0 fully saturated rings. The van der Waals surface area contributed by atoms with Gasteiger partial charge in [0.25, 0.3) is 0 Å². The Morgan fingerprint density at radius 2 is 1.57 bits per heavy atom. The minimum Gasteiger partial charge on any atom is -0.481 e. The molecule has 13 nitrogen and oxygen atoms in total. The van der Waals surface area contributed by atoms with Crippen molar-refractivity contribution in [1.29, 1.82) is 0 Å². The lowest BCUT2D eigenvalue weighted by Gasteiger charge is -2.34. The predicted molar refractivity (Wildman–Crippen MR) is 98.7 cm³/mol. The van der Waals surface area contributed by atoms with Gasteiger partial charge in [0.05, 0.1) is 25.5 Å². The first kappa shape index (κ1) is 27.0. The zero-order valence-electron chi connectivity index (χ0n) is 16.3. The largest absolute Gasteiger partial charge is 0.481 e. The van der Waals surface area contributed by atoms with Gasteiger partial charge in [0.1, 0.15) is 18.7 Å². The van der Waals surface area contributed by atoms with Gasteiger partial charge in [-0.2, -0.15) is 0 Å². The molecule has 0 saturated carbocycles. The zero-order valence-corrected chi connectivity index (χ0v) is 16.3. The number of carbonyl (C=O) groups is 5. The molecule has 0 aliphatic heterocycles. The van der Waals surface area contributed by atoms with E-state index in [1.165, 1.54) is 6.92 Å². The molecule has 0 bridgehead atoms. The monoisotopic (exact) mass is 434 g/mol. The molecule has 6 N–H and O–H groups in total. The van der Waals surface area contributed by atoms with Crippen molar-refractivity contribution in [3.63, 3.8) is 0 Å². The quantitative estimate of drug-likeness (QED) is 0.117. The molecule has 0 aromatic carbocycles. The van der Waals surface area contributed by atoms with E-state index >= 15 is 0 Å². The fourth-order valence-corrected chi connectivity index (χ4v) is 2.44. The fraction of sp³-hybridized carbons (Fsp3) is 0.588. The Morgan fingerprint density at radius 3 is 1.97 bits per heavy atom. The van der Waals surface area contributed by atoms with Crippen LogP contribution in [-0.4, -0.2) is 105 Å². The lowest BCUT2D eigenvalue weighted by atomic mass is 10.1. The Balaban J connectivity index is 5.47. The predicted octanol–water partition coefficient (Wildman–Crippen LogP) is -1.79. The molecule has 0 spiro atoms. The third kappa shape index (κ3) is 9.95. The maximum absolute atomic E-state index is 11.6. The molecule has 0 rings (SSSR count). The topological polar surface area (TPSA) is 211 Å². The summed E-state index contributed by atoms with van der Waals surface area (Å²) < 4.78 is 4.92. The molecule has 13 heteroatoms. The summed E-state index contributed by atoms with van der Waals surface area (Å²) in [6.07, 6.45) is -1.59. The Hall–Kier alpha value is -3.03. The highest BCUT2D eigenvalue weighted by Gasteiger charge is 2.34. The number of hydrogen-bond donors (Lipinski definition) is 6. The van der Waals surface area contributed by atoms with Crippen LogP contribution in [0.4, 0.5) is 0 Å². The first-order chi connectivity index (χ1) is 13.9. The highest BCUT2D eigenvalue weighted by Crippen LogP contribution is 2.12. The second-order valence-corrected chi connectivity index (χ2v) is 6.35. The average molecular weight is 434 g/mol. The third-order valence-corrected chi connectivity index (χ3v) is 3.93. The molecule has 0 aromatic rings. The number of aliphatic hydroxyl groups is 1. The molecular weight excluding hydrogens is 408 g/mol. The molecule has 30 heavy (non-hydrogen) atoms. The van der Waals surface area contributed by atoms with Gasteiger partial charge in [-0.05, 0) is 6.92 Å². The van der Waals surface area contributed by atoms with Crippen molar-refractivity contribution in [2.24, 2.45) is 0 Å². The van der Waals surface area contributed by atoms with Crippen LogP contribution in [0.2, 0.25) is 0 Å². The maximum atomic E-state index is 11.6. The minimum absolute atomic E-state index is 0.0539. The lowest BCUT2D eigenvalue weighted by molar-refractivity contribution is -0.153. The van der Waals surface area contributed by atoms with Crippen LogP contribution in [0.15, 0.2) is 12.2 Å². The lowest BCUT2D eigenvalue weighted by Crippen LogP contribution is -2.54. The summed E-state index contributed by atoms with van der Waals surface area (Å²) in [5.41, 5.74) is 0.0539. The number of rotatable bonds is 16. The smallest absolute Gasteiger partial charge is 0.333 e. The molecule has 0 aliphatic carbocycles. The number of nitrogens with zero attached hydrogens (tertiary/aromatic N) is 1. The summed E-state index contributed by atoms with van der Waals surface area (Å²) in [4.78, 5) is 57.1. The van der Waals surface area contributed by atoms with Gasteiger partial charge >= 0.3 is 29.8 Å². The van der Waals surface area contributed by atoms with Crippen LogP contribution in [0, 0.1) is 0 Å². The summed E-state index contributed by atoms with van der Waals surface area (Å²) in [7, 11) is 0. The van der Waals surface area contributed by atoms with Crippen LogP contribution >= 0.6 is 0 Å². The number of carbonyl (C=O) groups excluding carboxylic acids is 1. The molecular formula is C17H26N2O11. The molecule has 0 aliphatic rings. The number of esters is 1. The molecule has 0 heterocycles. The highest BCUT2D eigenvalue weighted by molar-refractivity contribution is 5.87. The normalized spacial score (nSPS) is 13.8. The van der Waals surface area contributed by atoms with Crippen LogP contribution in [0.1, 0.15) is 19.8 Å². The van der Waals surface area contributed by atoms with Gasteiger partial charge in [-0.25, -0.2) is 4.79 Å². The second-order valence-electron chi connectivity index (χ2n) is 6.35. The molecule has 0 aromatic heterocycles. The fourth-order valence-electron chi connectivity index (χ4n) is 2.44. The van der Waals surface area contributed by atoms with Gasteiger partial charge in [-0.15, -0.1) is 0 Å². The first-order valence-electron chi connectivity index (χ1n) is 8.72. The molecule has 0 saturated heterocycles. The molecule has 170 valence electrons. The number of ether oxygens (including phenoxy) is 1. The average Bonchev–Trinajstić information content (AvgIpc) is 2.63. The Morgan fingerprint density at radius 1 is 1.00 bits per heavy atom. The standard InChI is InChI=1S/C17H26N2O11/c1-9(2)17(29)30-8-10(7-20)19(12(16(27)28)6-14(23)24)4-3-18-11(15(25)26)5-13(21)22/h10-12,18,20H,1,3-8H2,2H3,(H,21,22)(H,23,24)(H,25,26)(H,27,28). The number of hydrogen-bond acceptors (Lipinski definition) is 9. The Kier molecular flexibility index (Phi) is 11.9. The third-order valence-electron chi connectivity index (χ3n) is 3.93. The maximum Gasteiger partial charge on any atom is 0.333 e. The minimum atomic E-state index is -1.63. The van der Waals surface area contributed by atoms with Crippen molar-refractivity contribution in [3.05, 3.63) is 12.2 Å². The summed E-state index contributed by atoms with van der Waals surface area (Å²) in [5, 5.41) is 48.3. The van der Waals surface area contributed by atoms with Crippen molar-refractivity contribution >= 4 is 29.8 Å². The molecule has 0 radical (unpaired) electrons. The zero-order chi connectivity index (χ0) is 23.4. The van der Waals surface area contributed by atoms with E-state index in [-0.39, 0.29) is 18.7 Å². The van der Waals surface area contributed by atoms with Crippen LogP contribution < -0.4 is 5.32 Å². The molecule has 0 amide bonds. The van der Waals surface area contributed by atoms with Crippen molar-refractivity contribution < 1.29 is 54.2 Å². The van der Waals surface area contributed by atoms with Gasteiger partial charge in [-0.3, -0.25) is 24.1 Å². The van der Waals surface area contributed by atoms with E-state index < -0.39 is 74.0 Å². The number of aliphatic carboxylic acids is 4. The summed E-state index contributed by atoms with van der Waals surface area (Å²) in [6.45, 7) is 3.02. The second kappa shape index (κ2) is 13.2. The first-order valence-corrected chi connectivity index (χ1v) is 8.72. The van der Waals surface area contributed by atoms with Gasteiger partial charge < -0.3 is 35.6 Å². The highest BCUT2D eigenvalue weighted by atomic mass is 16.5. The van der Waals surface area contributed by atoms with E-state index in [1.54, 1.807) is 0 Å². The van der Waals surface area contributed by atoms with E-state index in [9.17, 15) is 34.2 Å². The van der Waals surface area contributed by atoms with E-state index in [1.807, 2.05) is 0 Å². The van der Waals surface area contributed by atoms with Crippen LogP contribution in [-0.2, 0) is 28.7 Å². The number of nitrogens with one attached hydrogen (secondary N) is 1. The molecule has 3 atom stereocenters. The number of aliphatic hydroxyl groups excluding tert-OH is 1. The van der Waals surface area contributed by atoms with Crippen molar-refractivity contribution in [2.45, 2.75) is 37.9 Å². The van der Waals surface area contributed by atoms with E-state index in [4.69, 9.17) is 20.1 Å². The summed E-state index contributed by atoms with van der Waals surface area (Å²) >= 11 is 0. The summed E-state index contributed by atoms with van der Waals surface area (Å²) in [5.74, 6) is -6.59. The van der Waals surface area contributed by atoms with E-state index in [2.05, 4.69) is 11.9 Å². The van der Waals surface area contributed by atoms with Gasteiger partial charge in [0.15, 0.2) is 0 Å². The Bertz CT molecular complexity index is 664. The van der Waals surface area contributed by atoms with Gasteiger partial charge in [0.2, 0.25) is 0 Å². The molecule has 3 unspecified atom stereocenters. The van der Waals surface area contributed by atoms with Crippen molar-refractivity contribution in [2.75, 3.05) is 26.3 Å². The number of carboxylic acids is 4. The summed E-state index contributed by atoms with van der Waals surface area (Å²) in [6, 6.07) is -4.23. The number of carboxylic acid groups (broad SMARTS) is 4.